The maximum Gasteiger partial charge on any atom is 0.261 e. The maximum absolute atomic E-state index is 13.2. The molecule has 0 aliphatic carbocycles. The number of para-hydroxylation sites is 1. The van der Waals surface area contributed by atoms with E-state index in [1.54, 1.807) is 6.07 Å². The summed E-state index contributed by atoms with van der Waals surface area (Å²) in [6.45, 7) is 0.957. The molecule has 2 heterocycles. The lowest BCUT2D eigenvalue weighted by molar-refractivity contribution is -0.120. The Morgan fingerprint density at radius 2 is 1.79 bits per heavy atom. The van der Waals surface area contributed by atoms with Crippen molar-refractivity contribution in [3.63, 3.8) is 0 Å². The van der Waals surface area contributed by atoms with E-state index in [4.69, 9.17) is 9.47 Å². The number of hydrogen-bond acceptors (Lipinski definition) is 5. The average Bonchev–Trinajstić information content (AvgIpc) is 3.29. The van der Waals surface area contributed by atoms with Crippen LogP contribution in [0.3, 0.4) is 0 Å². The van der Waals surface area contributed by atoms with E-state index in [1.165, 1.54) is 11.3 Å². The molecule has 1 aromatic heterocycles. The molecule has 6 heteroatoms. The van der Waals surface area contributed by atoms with Gasteiger partial charge in [0.05, 0.1) is 10.9 Å². The molecule has 1 aliphatic heterocycles. The fourth-order valence-corrected chi connectivity index (χ4v) is 3.94. The molecule has 1 atom stereocenters. The van der Waals surface area contributed by atoms with Gasteiger partial charge in [0.15, 0.2) is 17.3 Å². The highest BCUT2D eigenvalue weighted by Crippen LogP contribution is 2.34. The third kappa shape index (κ3) is 4.66. The first-order chi connectivity index (χ1) is 14.2. The van der Waals surface area contributed by atoms with E-state index >= 15 is 0 Å². The number of thiophene rings is 1. The number of hydrogen-bond donors (Lipinski definition) is 1. The lowest BCUT2D eigenvalue weighted by atomic mass is 9.97. The molecule has 2 aromatic carbocycles. The predicted molar refractivity (Wildman–Crippen MR) is 112 cm³/mol. The lowest BCUT2D eigenvalue weighted by Gasteiger charge is -2.22. The quantitative estimate of drug-likeness (QED) is 0.649. The SMILES string of the molecule is O=C(NC(Cc1ccccc1)C(=O)Cc1cccc2c1OCCO2)c1cccs1. The van der Waals surface area contributed by atoms with Gasteiger partial charge in [0, 0.05) is 12.0 Å². The zero-order chi connectivity index (χ0) is 20.1. The summed E-state index contributed by atoms with van der Waals surface area (Å²) < 4.78 is 11.3. The zero-order valence-electron chi connectivity index (χ0n) is 15.8. The fraction of sp³-hybridized carbons (Fsp3) is 0.217. The van der Waals surface area contributed by atoms with Crippen molar-refractivity contribution >= 4 is 23.0 Å². The van der Waals surface area contributed by atoms with Gasteiger partial charge in [-0.05, 0) is 29.5 Å². The first kappa shape index (κ1) is 19.2. The molecule has 29 heavy (non-hydrogen) atoms. The Bertz CT molecular complexity index is 985. The van der Waals surface area contributed by atoms with Crippen molar-refractivity contribution in [3.8, 4) is 11.5 Å². The van der Waals surface area contributed by atoms with Gasteiger partial charge < -0.3 is 14.8 Å². The Morgan fingerprint density at radius 1 is 0.966 bits per heavy atom. The second-order valence-corrected chi connectivity index (χ2v) is 7.73. The van der Waals surface area contributed by atoms with Crippen LogP contribution in [-0.4, -0.2) is 30.9 Å². The van der Waals surface area contributed by atoms with Gasteiger partial charge in [0.2, 0.25) is 0 Å². The van der Waals surface area contributed by atoms with Gasteiger partial charge in [0.25, 0.3) is 5.91 Å². The summed E-state index contributed by atoms with van der Waals surface area (Å²) in [6, 6.07) is 18.2. The van der Waals surface area contributed by atoms with Crippen LogP contribution in [0.2, 0.25) is 0 Å². The number of ether oxygens (including phenoxy) is 2. The molecule has 148 valence electrons. The Kier molecular flexibility index (Phi) is 5.91. The number of carbonyl (C=O) groups excluding carboxylic acids is 2. The highest BCUT2D eigenvalue weighted by molar-refractivity contribution is 7.12. The Hall–Kier alpha value is -3.12. The number of ketones is 1. The summed E-state index contributed by atoms with van der Waals surface area (Å²) in [5, 5.41) is 4.76. The zero-order valence-corrected chi connectivity index (χ0v) is 16.6. The minimum Gasteiger partial charge on any atom is -0.486 e. The summed E-state index contributed by atoms with van der Waals surface area (Å²) in [7, 11) is 0. The fourth-order valence-electron chi connectivity index (χ4n) is 3.32. The van der Waals surface area contributed by atoms with Crippen LogP contribution in [-0.2, 0) is 17.6 Å². The van der Waals surface area contributed by atoms with Crippen molar-refractivity contribution in [2.45, 2.75) is 18.9 Å². The van der Waals surface area contributed by atoms with Crippen LogP contribution in [0.1, 0.15) is 20.8 Å². The molecular weight excluding hydrogens is 386 g/mol. The first-order valence-electron chi connectivity index (χ1n) is 9.49. The molecule has 0 fully saturated rings. The van der Waals surface area contributed by atoms with Crippen LogP contribution in [0.4, 0.5) is 0 Å². The number of fused-ring (bicyclic) bond motifs is 1. The van der Waals surface area contributed by atoms with Crippen molar-refractivity contribution < 1.29 is 19.1 Å². The first-order valence-corrected chi connectivity index (χ1v) is 10.4. The highest BCUT2D eigenvalue weighted by Gasteiger charge is 2.25. The smallest absolute Gasteiger partial charge is 0.261 e. The molecule has 0 saturated carbocycles. The monoisotopic (exact) mass is 407 g/mol. The molecule has 0 spiro atoms. The number of carbonyl (C=O) groups is 2. The summed E-state index contributed by atoms with van der Waals surface area (Å²) >= 11 is 1.35. The number of amides is 1. The molecule has 1 N–H and O–H groups in total. The standard InChI is InChI=1S/C23H21NO4S/c25-19(15-17-8-4-9-20-22(17)28-12-11-27-20)18(14-16-6-2-1-3-7-16)24-23(26)21-10-5-13-29-21/h1-10,13,18H,11-12,14-15H2,(H,24,26). The van der Waals surface area contributed by atoms with E-state index in [-0.39, 0.29) is 18.1 Å². The molecule has 0 saturated heterocycles. The molecule has 0 radical (unpaired) electrons. The molecule has 4 rings (SSSR count). The molecule has 1 unspecified atom stereocenters. The lowest BCUT2D eigenvalue weighted by Crippen LogP contribution is -2.43. The normalized spacial score (nSPS) is 13.5. The van der Waals surface area contributed by atoms with E-state index in [0.29, 0.717) is 36.0 Å². The van der Waals surface area contributed by atoms with Crippen LogP contribution in [0, 0.1) is 0 Å². The molecular formula is C23H21NO4S. The molecule has 3 aromatic rings. The van der Waals surface area contributed by atoms with E-state index in [2.05, 4.69) is 5.32 Å². The van der Waals surface area contributed by atoms with Crippen molar-refractivity contribution in [1.29, 1.82) is 0 Å². The second kappa shape index (κ2) is 8.92. The van der Waals surface area contributed by atoms with E-state index < -0.39 is 6.04 Å². The van der Waals surface area contributed by atoms with Gasteiger partial charge in [-0.3, -0.25) is 9.59 Å². The van der Waals surface area contributed by atoms with Crippen molar-refractivity contribution in [1.82, 2.24) is 5.32 Å². The second-order valence-electron chi connectivity index (χ2n) is 6.78. The number of Topliss-reactive ketones (excluding diaryl/α,β-unsaturated/α-hetero) is 1. The van der Waals surface area contributed by atoms with E-state index in [0.717, 1.165) is 11.1 Å². The van der Waals surface area contributed by atoms with Crippen LogP contribution < -0.4 is 14.8 Å². The van der Waals surface area contributed by atoms with Crippen LogP contribution in [0.15, 0.2) is 66.0 Å². The number of nitrogens with one attached hydrogen (secondary N) is 1. The van der Waals surface area contributed by atoms with E-state index in [1.807, 2.05) is 60.0 Å². The Balaban J connectivity index is 1.55. The predicted octanol–water partition coefficient (Wildman–Crippen LogP) is 3.67. The maximum atomic E-state index is 13.2. The largest absolute Gasteiger partial charge is 0.486 e. The minimum absolute atomic E-state index is 0.0682. The van der Waals surface area contributed by atoms with Gasteiger partial charge in [-0.15, -0.1) is 11.3 Å². The summed E-state index contributed by atoms with van der Waals surface area (Å²) in [5.41, 5.74) is 1.77. The van der Waals surface area contributed by atoms with Crippen molar-refractivity contribution in [2.75, 3.05) is 13.2 Å². The number of rotatable bonds is 7. The minimum atomic E-state index is -0.632. The number of benzene rings is 2. The highest BCUT2D eigenvalue weighted by atomic mass is 32.1. The van der Waals surface area contributed by atoms with Crippen molar-refractivity contribution in [2.24, 2.45) is 0 Å². The molecule has 5 nitrogen and oxygen atoms in total. The van der Waals surface area contributed by atoms with Gasteiger partial charge in [0.1, 0.15) is 13.2 Å². The third-order valence-corrected chi connectivity index (χ3v) is 5.60. The summed E-state index contributed by atoms with van der Waals surface area (Å²) in [5.74, 6) is 0.976. The topological polar surface area (TPSA) is 64.6 Å². The van der Waals surface area contributed by atoms with Crippen LogP contribution >= 0.6 is 11.3 Å². The molecule has 1 aliphatic rings. The van der Waals surface area contributed by atoms with Crippen molar-refractivity contribution in [3.05, 3.63) is 82.0 Å². The summed E-state index contributed by atoms with van der Waals surface area (Å²) in [4.78, 5) is 26.4. The average molecular weight is 407 g/mol. The third-order valence-electron chi connectivity index (χ3n) is 4.73. The molecule has 1 amide bonds. The van der Waals surface area contributed by atoms with Crippen LogP contribution in [0.5, 0.6) is 11.5 Å². The van der Waals surface area contributed by atoms with Gasteiger partial charge >= 0.3 is 0 Å². The van der Waals surface area contributed by atoms with Gasteiger partial charge in [-0.25, -0.2) is 0 Å². The van der Waals surface area contributed by atoms with Crippen LogP contribution in [0.25, 0.3) is 0 Å². The Morgan fingerprint density at radius 3 is 2.59 bits per heavy atom. The Labute approximate surface area is 173 Å². The molecule has 0 bridgehead atoms. The summed E-state index contributed by atoms with van der Waals surface area (Å²) in [6.07, 6.45) is 0.595. The van der Waals surface area contributed by atoms with E-state index in [9.17, 15) is 9.59 Å². The van der Waals surface area contributed by atoms with Gasteiger partial charge in [-0.2, -0.15) is 0 Å². The van der Waals surface area contributed by atoms with Gasteiger partial charge in [-0.1, -0.05) is 48.5 Å².